The smallest absolute Gasteiger partial charge is 0.410 e. The minimum Gasteiger partial charge on any atom is -0.447 e. The molecule has 1 aromatic heterocycles. The number of carbonyl (C=O) groups excluding carboxylic acids is 1. The van der Waals surface area contributed by atoms with Gasteiger partial charge in [0.2, 0.25) is 10.0 Å². The predicted octanol–water partition coefficient (Wildman–Crippen LogP) is 3.50. The summed E-state index contributed by atoms with van der Waals surface area (Å²) in [6, 6.07) is 7.19. The first-order chi connectivity index (χ1) is 15.0. The zero-order valence-electron chi connectivity index (χ0n) is 18.2. The molecule has 1 amide bonds. The first-order valence-electron chi connectivity index (χ1n) is 10.4. The van der Waals surface area contributed by atoms with Gasteiger partial charge < -0.3 is 9.64 Å². The summed E-state index contributed by atoms with van der Waals surface area (Å²) in [5, 5.41) is 0. The van der Waals surface area contributed by atoms with Crippen molar-refractivity contribution in [2.75, 3.05) is 12.8 Å². The zero-order chi connectivity index (χ0) is 23.5. The van der Waals surface area contributed by atoms with Gasteiger partial charge in [-0.1, -0.05) is 6.07 Å². The number of nitrogens with zero attached hydrogens (tertiary/aromatic N) is 2. The minimum absolute atomic E-state index is 0.242. The summed E-state index contributed by atoms with van der Waals surface area (Å²) in [7, 11) is -3.51. The van der Waals surface area contributed by atoms with Crippen molar-refractivity contribution in [1.82, 2.24) is 14.6 Å². The number of piperidine rings is 1. The van der Waals surface area contributed by atoms with Crippen LogP contribution in [0.15, 0.2) is 36.4 Å². The predicted molar refractivity (Wildman–Crippen MR) is 116 cm³/mol. The lowest BCUT2D eigenvalue weighted by atomic mass is 9.93. The summed E-state index contributed by atoms with van der Waals surface area (Å²) in [6.45, 7) is 3.91. The second-order valence-electron chi connectivity index (χ2n) is 8.21. The third kappa shape index (κ3) is 6.46. The van der Waals surface area contributed by atoms with Crippen LogP contribution in [0.1, 0.15) is 32.4 Å². The Kier molecular flexibility index (Phi) is 7.45. The lowest BCUT2D eigenvalue weighted by molar-refractivity contribution is 0.0459. The number of amides is 1. The minimum atomic E-state index is -3.51. The number of carbonyl (C=O) groups is 1. The Bertz CT molecular complexity index is 1060. The molecule has 0 spiro atoms. The third-order valence-electron chi connectivity index (χ3n) is 5.10. The fourth-order valence-corrected chi connectivity index (χ4v) is 4.71. The molecule has 1 aliphatic heterocycles. The zero-order valence-corrected chi connectivity index (χ0v) is 19.0. The molecule has 7 nitrogen and oxygen atoms in total. The average molecular weight is 468 g/mol. The molecule has 0 aliphatic carbocycles. The second kappa shape index (κ2) is 9.91. The summed E-state index contributed by atoms with van der Waals surface area (Å²) < 4.78 is 59.1. The molecule has 1 aromatic carbocycles. The van der Waals surface area contributed by atoms with E-state index in [1.165, 1.54) is 17.0 Å². The Morgan fingerprint density at radius 3 is 2.56 bits per heavy atom. The number of pyridine rings is 1. The van der Waals surface area contributed by atoms with Crippen molar-refractivity contribution in [2.45, 2.75) is 51.3 Å². The lowest BCUT2D eigenvalue weighted by Crippen LogP contribution is -2.58. The van der Waals surface area contributed by atoms with Crippen LogP contribution in [0.5, 0.6) is 0 Å². The number of halogens is 2. The Morgan fingerprint density at radius 1 is 1.25 bits per heavy atom. The van der Waals surface area contributed by atoms with Crippen LogP contribution < -0.4 is 4.72 Å². The van der Waals surface area contributed by atoms with E-state index in [0.717, 1.165) is 12.3 Å². The molecule has 2 heterocycles. The van der Waals surface area contributed by atoms with Crippen LogP contribution in [0.3, 0.4) is 0 Å². The van der Waals surface area contributed by atoms with Crippen molar-refractivity contribution in [3.63, 3.8) is 0 Å². The summed E-state index contributed by atoms with van der Waals surface area (Å²) in [5.74, 6) is -1.42. The van der Waals surface area contributed by atoms with Crippen LogP contribution in [0, 0.1) is 11.6 Å². The molecule has 2 unspecified atom stereocenters. The van der Waals surface area contributed by atoms with E-state index in [4.69, 9.17) is 4.74 Å². The number of likely N-dealkylation sites (tertiary alicyclic amines) is 1. The fraction of sp³-hybridized carbons (Fsp3) is 0.455. The molecule has 1 saturated heterocycles. The molecule has 0 bridgehead atoms. The van der Waals surface area contributed by atoms with Crippen molar-refractivity contribution in [1.29, 1.82) is 0 Å². The molecule has 1 fully saturated rings. The summed E-state index contributed by atoms with van der Waals surface area (Å²) >= 11 is 0. The van der Waals surface area contributed by atoms with Crippen molar-refractivity contribution in [3.05, 3.63) is 53.7 Å². The van der Waals surface area contributed by atoms with Crippen LogP contribution >= 0.6 is 0 Å². The largest absolute Gasteiger partial charge is 0.447 e. The van der Waals surface area contributed by atoms with Crippen LogP contribution in [-0.4, -0.2) is 55.4 Å². The van der Waals surface area contributed by atoms with Gasteiger partial charge in [-0.2, -0.15) is 0 Å². The van der Waals surface area contributed by atoms with E-state index in [2.05, 4.69) is 9.71 Å². The number of hydrogen-bond acceptors (Lipinski definition) is 5. The Hall–Kier alpha value is -2.59. The van der Waals surface area contributed by atoms with E-state index in [1.54, 1.807) is 32.0 Å². The number of nitrogens with one attached hydrogen (secondary N) is 1. The number of aromatic nitrogens is 1. The molecule has 2 atom stereocenters. The number of ether oxygens (including phenoxy) is 1. The van der Waals surface area contributed by atoms with Crippen LogP contribution in [0.25, 0.3) is 11.3 Å². The molecule has 1 N–H and O–H groups in total. The molecule has 1 aliphatic rings. The molecule has 0 radical (unpaired) electrons. The number of benzene rings is 1. The van der Waals surface area contributed by atoms with E-state index in [9.17, 15) is 22.0 Å². The van der Waals surface area contributed by atoms with Crippen LogP contribution in [0.4, 0.5) is 13.6 Å². The van der Waals surface area contributed by atoms with Gasteiger partial charge in [0.1, 0.15) is 11.6 Å². The topological polar surface area (TPSA) is 88.6 Å². The molecule has 0 saturated carbocycles. The third-order valence-corrected chi connectivity index (χ3v) is 5.83. The van der Waals surface area contributed by atoms with E-state index >= 15 is 0 Å². The number of sulfonamides is 1. The molecule has 32 heavy (non-hydrogen) atoms. The van der Waals surface area contributed by atoms with Gasteiger partial charge >= 0.3 is 6.09 Å². The van der Waals surface area contributed by atoms with Crippen LogP contribution in [-0.2, 0) is 21.2 Å². The fourth-order valence-electron chi connectivity index (χ4n) is 3.89. The first-order valence-corrected chi connectivity index (χ1v) is 12.3. The molecule has 10 heteroatoms. The van der Waals surface area contributed by atoms with Gasteiger partial charge in [-0.05, 0) is 51.0 Å². The van der Waals surface area contributed by atoms with Gasteiger partial charge in [0.05, 0.1) is 24.1 Å². The molecule has 174 valence electrons. The van der Waals surface area contributed by atoms with Gasteiger partial charge in [-0.3, -0.25) is 4.98 Å². The van der Waals surface area contributed by atoms with E-state index in [0.29, 0.717) is 30.8 Å². The summed E-state index contributed by atoms with van der Waals surface area (Å²) in [4.78, 5) is 18.8. The van der Waals surface area contributed by atoms with Gasteiger partial charge in [-0.15, -0.1) is 0 Å². The SMILES string of the molecule is CC(C)OC(=O)N1CCCC(NS(C)(=O)=O)C1Cc1cccc(-c2cc(F)cc(F)c2)n1. The summed E-state index contributed by atoms with van der Waals surface area (Å²) in [5.41, 5.74) is 1.22. The molecular weight excluding hydrogens is 440 g/mol. The highest BCUT2D eigenvalue weighted by atomic mass is 32.2. The normalized spacial score (nSPS) is 19.2. The highest BCUT2D eigenvalue weighted by Crippen LogP contribution is 2.25. The van der Waals surface area contributed by atoms with E-state index in [1.807, 2.05) is 0 Å². The van der Waals surface area contributed by atoms with Gasteiger partial charge in [0, 0.05) is 36.3 Å². The van der Waals surface area contributed by atoms with Crippen molar-refractivity contribution >= 4 is 16.1 Å². The lowest BCUT2D eigenvalue weighted by Gasteiger charge is -2.40. The van der Waals surface area contributed by atoms with Crippen molar-refractivity contribution < 1.29 is 26.7 Å². The van der Waals surface area contributed by atoms with Gasteiger partial charge in [0.15, 0.2) is 0 Å². The van der Waals surface area contributed by atoms with E-state index in [-0.39, 0.29) is 18.1 Å². The standard InChI is InChI=1S/C22H27F2N3O4S/c1-14(2)31-22(28)27-9-5-8-20(26-32(3,29)30)21(27)13-18-6-4-7-19(25-18)15-10-16(23)12-17(24)11-15/h4,6-7,10-12,14,20-21,26H,5,8-9,13H2,1-3H3. The van der Waals surface area contributed by atoms with Gasteiger partial charge in [-0.25, -0.2) is 26.7 Å². The highest BCUT2D eigenvalue weighted by Gasteiger charge is 2.37. The maximum atomic E-state index is 13.6. The number of rotatable bonds is 6. The number of hydrogen-bond donors (Lipinski definition) is 1. The molecular formula is C22H27F2N3O4S. The van der Waals surface area contributed by atoms with Crippen molar-refractivity contribution in [2.24, 2.45) is 0 Å². The van der Waals surface area contributed by atoms with Crippen molar-refractivity contribution in [3.8, 4) is 11.3 Å². The second-order valence-corrected chi connectivity index (χ2v) is 9.99. The maximum absolute atomic E-state index is 13.6. The highest BCUT2D eigenvalue weighted by molar-refractivity contribution is 7.88. The average Bonchev–Trinajstić information content (AvgIpc) is 2.67. The Morgan fingerprint density at radius 2 is 1.94 bits per heavy atom. The van der Waals surface area contributed by atoms with Gasteiger partial charge in [0.25, 0.3) is 0 Å². The quantitative estimate of drug-likeness (QED) is 0.703. The Balaban J connectivity index is 1.92. The Labute approximate surface area is 186 Å². The first kappa shape index (κ1) is 24.1. The van der Waals surface area contributed by atoms with Crippen LogP contribution in [0.2, 0.25) is 0 Å². The molecule has 3 rings (SSSR count). The van der Waals surface area contributed by atoms with E-state index < -0.39 is 39.8 Å². The maximum Gasteiger partial charge on any atom is 0.410 e. The molecule has 2 aromatic rings. The monoisotopic (exact) mass is 467 g/mol. The summed E-state index contributed by atoms with van der Waals surface area (Å²) in [6.07, 6.45) is 1.65.